The smallest absolute Gasteiger partial charge is 0.283 e. The van der Waals surface area contributed by atoms with Gasteiger partial charge in [-0.3, -0.25) is 40.5 Å². The van der Waals surface area contributed by atoms with Gasteiger partial charge in [0.15, 0.2) is 23.3 Å². The van der Waals surface area contributed by atoms with E-state index in [4.69, 9.17) is 29.9 Å². The zero-order chi connectivity index (χ0) is 62.1. The van der Waals surface area contributed by atoms with Gasteiger partial charge >= 0.3 is 0 Å². The quantitative estimate of drug-likeness (QED) is 0.0160. The van der Waals surface area contributed by atoms with Crippen LogP contribution in [-0.4, -0.2) is 82.6 Å². The van der Waals surface area contributed by atoms with Crippen LogP contribution < -0.4 is 0 Å². The van der Waals surface area contributed by atoms with Gasteiger partial charge in [-0.05, 0) is 73.0 Å². The molecule has 5 heterocycles. The maximum absolute atomic E-state index is 13.1. The summed E-state index contributed by atoms with van der Waals surface area (Å²) in [5.41, 5.74) is 1.65. The number of thioether (sulfide) groups is 4. The standard InChI is InChI=1S/C64H78N12O8S4/c1-5-9-13-17-21-25-29-85-53-37-45-41(33-49(53)73(77)78)57-65-61(45)69-58-42-34-50(74(79)80)54(86-30-26-22-18-14-10-6-2)38-46(42)63(66-58)71-60-44-36-52(76(83)84)56(88-32-28-24-20-16-12-8-4)40-48(44)64(68-60)72-59-43-35-51(75(81)82)55(39-47(43)62(67-59)70-57)87-31-27-23-19-15-11-7-3/h33-40H,5-32H2,1-4H3,(H2,65,66,67,68,69,70,71,72). The third-order valence-corrected chi connectivity index (χ3v) is 20.5. The van der Waals surface area contributed by atoms with Gasteiger partial charge in [-0.25, -0.2) is 29.9 Å². The molecular weight excluding hydrogens is 1190 g/mol. The van der Waals surface area contributed by atoms with E-state index in [1.807, 2.05) is 0 Å². The Balaban J connectivity index is 1.31. The molecule has 0 saturated carbocycles. The van der Waals surface area contributed by atoms with Crippen LogP contribution in [0.15, 0.2) is 68.1 Å². The van der Waals surface area contributed by atoms with E-state index in [-0.39, 0.29) is 68.6 Å². The van der Waals surface area contributed by atoms with Crippen LogP contribution in [0, 0.1) is 40.5 Å². The van der Waals surface area contributed by atoms with Crippen LogP contribution in [0.3, 0.4) is 0 Å². The van der Waals surface area contributed by atoms with Crippen LogP contribution >= 0.6 is 47.0 Å². The first-order chi connectivity index (χ1) is 42.8. The molecule has 20 nitrogen and oxygen atoms in total. The molecule has 3 aromatic heterocycles. The fourth-order valence-corrected chi connectivity index (χ4v) is 15.3. The third kappa shape index (κ3) is 16.2. The lowest BCUT2D eigenvalue weighted by Crippen LogP contribution is -1.95. The molecular formula is C64H78N12O8S4. The molecule has 8 bridgehead atoms. The van der Waals surface area contributed by atoms with E-state index in [9.17, 15) is 40.5 Å². The number of nitrogens with zero attached hydrogens (tertiary/aromatic N) is 10. The van der Waals surface area contributed by atoms with Crippen molar-refractivity contribution in [2.45, 2.75) is 201 Å². The molecule has 0 aliphatic carbocycles. The molecule has 2 aliphatic heterocycles. The van der Waals surface area contributed by atoms with Crippen molar-refractivity contribution >= 4 is 114 Å². The summed E-state index contributed by atoms with van der Waals surface area (Å²) in [5, 5.41) is 54.0. The van der Waals surface area contributed by atoms with Crippen LogP contribution in [0.1, 0.15) is 182 Å². The molecule has 0 amide bonds. The second kappa shape index (κ2) is 32.1. The molecule has 4 aromatic carbocycles. The first kappa shape index (κ1) is 65.7. The summed E-state index contributed by atoms with van der Waals surface area (Å²) in [5.74, 6) is 2.82. The predicted octanol–water partition coefficient (Wildman–Crippen LogP) is 20.3. The van der Waals surface area contributed by atoms with E-state index in [0.717, 1.165) is 154 Å². The number of hydrogen-bond donors (Lipinski definition) is 2. The average molecular weight is 1270 g/mol. The largest absolute Gasteiger partial charge is 0.324 e. The molecule has 9 rings (SSSR count). The molecule has 0 spiro atoms. The Morgan fingerprint density at radius 1 is 0.307 bits per heavy atom. The number of nitro benzene ring substituents is 4. The maximum atomic E-state index is 13.1. The van der Waals surface area contributed by atoms with Crippen LogP contribution in [0.5, 0.6) is 0 Å². The second-order valence-corrected chi connectivity index (χ2v) is 27.1. The summed E-state index contributed by atoms with van der Waals surface area (Å²) in [6, 6.07) is 12.8. The molecule has 0 fully saturated rings. The molecule has 466 valence electrons. The first-order valence-corrected chi connectivity index (χ1v) is 35.4. The minimum Gasteiger partial charge on any atom is -0.324 e. The lowest BCUT2D eigenvalue weighted by atomic mass is 10.1. The molecule has 0 unspecified atom stereocenters. The Hall–Kier alpha value is -6.76. The van der Waals surface area contributed by atoms with Gasteiger partial charge in [0.2, 0.25) is 0 Å². The van der Waals surface area contributed by atoms with Crippen molar-refractivity contribution in [3.63, 3.8) is 0 Å². The fourth-order valence-electron chi connectivity index (χ4n) is 11.1. The van der Waals surface area contributed by atoms with Crippen molar-refractivity contribution < 1.29 is 19.7 Å². The summed E-state index contributed by atoms with van der Waals surface area (Å²) in [7, 11) is 0. The Kier molecular flexibility index (Phi) is 24.0. The summed E-state index contributed by atoms with van der Waals surface area (Å²) in [6.45, 7) is 8.67. The highest BCUT2D eigenvalue weighted by molar-refractivity contribution is 8.00. The van der Waals surface area contributed by atoms with Gasteiger partial charge in [0, 0.05) is 68.1 Å². The van der Waals surface area contributed by atoms with E-state index < -0.39 is 19.7 Å². The van der Waals surface area contributed by atoms with Gasteiger partial charge in [0.05, 0.1) is 39.3 Å². The highest BCUT2D eigenvalue weighted by Crippen LogP contribution is 2.47. The normalized spacial score (nSPS) is 11.9. The number of nitro groups is 4. The molecule has 2 aliphatic rings. The topological polar surface area (TPSA) is 281 Å². The second-order valence-electron chi connectivity index (χ2n) is 22.6. The zero-order valence-corrected chi connectivity index (χ0v) is 54.1. The number of fused-ring (bicyclic) bond motifs is 20. The Bertz CT molecular complexity index is 3860. The Morgan fingerprint density at radius 2 is 0.545 bits per heavy atom. The lowest BCUT2D eigenvalue weighted by Gasteiger charge is -2.07. The van der Waals surface area contributed by atoms with E-state index >= 15 is 0 Å². The number of unbranched alkanes of at least 4 members (excludes halogenated alkanes) is 20. The SMILES string of the molecule is CCCCCCCCSc1cc2c(cc1[N+](=O)[O-])-c1nc3nc(nc4[nH]c(nc5[nH]c(nc-2n1)c1cc([N+](=O)[O-])c(SCCCCCCCC)cc51)c1cc([N+](=O)[O-])c(SCCCCCCCC)cc41)-c1cc([N+](=O)[O-])c(SCCCCCCCC)cc1-3. The highest BCUT2D eigenvalue weighted by atomic mass is 32.2. The first-order valence-electron chi connectivity index (χ1n) is 31.5. The predicted molar refractivity (Wildman–Crippen MR) is 359 cm³/mol. The number of benzene rings is 4. The maximum Gasteiger partial charge on any atom is 0.283 e. The Morgan fingerprint density at radius 3 is 0.852 bits per heavy atom. The van der Waals surface area contributed by atoms with Crippen molar-refractivity contribution in [1.82, 2.24) is 39.9 Å². The van der Waals surface area contributed by atoms with E-state index in [1.54, 1.807) is 24.3 Å². The summed E-state index contributed by atoms with van der Waals surface area (Å²) in [6.07, 6.45) is 25.2. The summed E-state index contributed by atoms with van der Waals surface area (Å²) < 4.78 is 0. The van der Waals surface area contributed by atoms with Crippen molar-refractivity contribution in [1.29, 1.82) is 0 Å². The van der Waals surface area contributed by atoms with Crippen molar-refractivity contribution in [3.05, 3.63) is 89.0 Å². The summed E-state index contributed by atoms with van der Waals surface area (Å²) in [4.78, 5) is 89.7. The van der Waals surface area contributed by atoms with Crippen LogP contribution in [0.2, 0.25) is 0 Å². The number of aromatic nitrogens is 8. The monoisotopic (exact) mass is 1270 g/mol. The van der Waals surface area contributed by atoms with Gasteiger partial charge in [-0.15, -0.1) is 47.0 Å². The molecule has 7 aromatic rings. The number of hydrogen-bond acceptors (Lipinski definition) is 18. The highest BCUT2D eigenvalue weighted by Gasteiger charge is 2.31. The van der Waals surface area contributed by atoms with Gasteiger partial charge < -0.3 is 9.97 Å². The van der Waals surface area contributed by atoms with E-state index in [2.05, 4.69) is 37.7 Å². The van der Waals surface area contributed by atoms with Gasteiger partial charge in [0.25, 0.3) is 22.7 Å². The van der Waals surface area contributed by atoms with Crippen LogP contribution in [0.4, 0.5) is 22.7 Å². The molecule has 0 radical (unpaired) electrons. The van der Waals surface area contributed by atoms with Gasteiger partial charge in [-0.2, -0.15) is 0 Å². The minimum absolute atomic E-state index is 0.0362. The van der Waals surface area contributed by atoms with Crippen molar-refractivity contribution in [2.24, 2.45) is 0 Å². The van der Waals surface area contributed by atoms with Gasteiger partial charge in [-0.1, -0.05) is 156 Å². The molecule has 0 atom stereocenters. The Labute approximate surface area is 529 Å². The molecule has 0 saturated heterocycles. The van der Waals surface area contributed by atoms with Crippen molar-refractivity contribution in [2.75, 3.05) is 23.0 Å². The molecule has 88 heavy (non-hydrogen) atoms. The average Bonchev–Trinajstić information content (AvgIpc) is 2.29. The number of nitrogens with one attached hydrogen (secondary N) is 2. The molecule has 24 heteroatoms. The third-order valence-electron chi connectivity index (χ3n) is 16.0. The van der Waals surface area contributed by atoms with Crippen LogP contribution in [-0.2, 0) is 0 Å². The fraction of sp³-hybridized carbons (Fsp3) is 0.500. The summed E-state index contributed by atoms with van der Waals surface area (Å²) >= 11 is 5.54. The number of aromatic amines is 2. The number of rotatable bonds is 36. The van der Waals surface area contributed by atoms with E-state index in [0.29, 0.717) is 86.4 Å². The number of H-pyrrole nitrogens is 2. The lowest BCUT2D eigenvalue weighted by molar-refractivity contribution is -0.387. The molecule has 2 N–H and O–H groups in total. The minimum atomic E-state index is -0.416. The van der Waals surface area contributed by atoms with Gasteiger partial charge in [0.1, 0.15) is 22.6 Å². The van der Waals surface area contributed by atoms with Crippen LogP contribution in [0.25, 0.3) is 89.7 Å². The zero-order valence-electron chi connectivity index (χ0n) is 50.8. The van der Waals surface area contributed by atoms with E-state index in [1.165, 1.54) is 71.3 Å². The van der Waals surface area contributed by atoms with Crippen molar-refractivity contribution in [3.8, 4) is 45.6 Å².